The summed E-state index contributed by atoms with van der Waals surface area (Å²) < 4.78 is 5.63. The molecule has 2 aliphatic rings. The molecule has 0 N–H and O–H groups in total. The first kappa shape index (κ1) is 11.5. The third-order valence-electron chi connectivity index (χ3n) is 3.91. The van der Waals surface area contributed by atoms with Gasteiger partial charge in [0.1, 0.15) is 5.75 Å². The minimum atomic E-state index is 0.337. The summed E-state index contributed by atoms with van der Waals surface area (Å²) in [6, 6.07) is 8.11. The van der Waals surface area contributed by atoms with Gasteiger partial charge in [-0.1, -0.05) is 24.3 Å². The highest BCUT2D eigenvalue weighted by Gasteiger charge is 2.25. The van der Waals surface area contributed by atoms with Crippen LogP contribution in [0, 0.1) is 0 Å². The molecule has 2 nitrogen and oxygen atoms in total. The van der Waals surface area contributed by atoms with Crippen molar-refractivity contribution < 1.29 is 9.53 Å². The Hall–Kier alpha value is -1.57. The van der Waals surface area contributed by atoms with Crippen molar-refractivity contribution in [3.05, 3.63) is 41.5 Å². The third-order valence-corrected chi connectivity index (χ3v) is 3.91. The summed E-state index contributed by atoms with van der Waals surface area (Å²) in [6.45, 7) is 0.730. The van der Waals surface area contributed by atoms with Crippen molar-refractivity contribution in [2.45, 2.75) is 38.0 Å². The van der Waals surface area contributed by atoms with Gasteiger partial charge in [-0.3, -0.25) is 4.79 Å². The Morgan fingerprint density at radius 1 is 1.33 bits per heavy atom. The fourth-order valence-corrected chi connectivity index (χ4v) is 2.91. The fraction of sp³-hybridized carbons (Fsp3) is 0.438. The Labute approximate surface area is 108 Å². The third kappa shape index (κ3) is 2.20. The van der Waals surface area contributed by atoms with Gasteiger partial charge in [-0.2, -0.15) is 0 Å². The molecule has 0 bridgehead atoms. The maximum atomic E-state index is 12.2. The van der Waals surface area contributed by atoms with E-state index in [1.807, 2.05) is 18.2 Å². The number of fused-ring (bicyclic) bond motifs is 1. The van der Waals surface area contributed by atoms with Gasteiger partial charge in [0.2, 0.25) is 0 Å². The summed E-state index contributed by atoms with van der Waals surface area (Å²) in [4.78, 5) is 12.2. The summed E-state index contributed by atoms with van der Waals surface area (Å²) in [7, 11) is 0. The standard InChI is InChI=1S/C16H18O2/c17-15(12-5-1-2-6-12)11-13-9-10-18-16-8-4-3-7-14(13)16/h3-5,7-8,13H,1-2,6,9-11H2. The second kappa shape index (κ2) is 4.97. The molecule has 0 aromatic heterocycles. The number of rotatable bonds is 3. The molecule has 1 aliphatic heterocycles. The first-order valence-electron chi connectivity index (χ1n) is 6.78. The SMILES string of the molecule is O=C(CC1CCOc2ccccc21)C1=CCCC1. The van der Waals surface area contributed by atoms with Gasteiger partial charge in [0, 0.05) is 6.42 Å². The molecular weight excluding hydrogens is 224 g/mol. The van der Waals surface area contributed by atoms with Crippen LogP contribution in [0.4, 0.5) is 0 Å². The molecule has 0 fully saturated rings. The van der Waals surface area contributed by atoms with E-state index in [0.717, 1.165) is 43.6 Å². The van der Waals surface area contributed by atoms with Crippen LogP contribution < -0.4 is 4.74 Å². The molecule has 0 saturated heterocycles. The van der Waals surface area contributed by atoms with E-state index >= 15 is 0 Å². The van der Waals surface area contributed by atoms with E-state index < -0.39 is 0 Å². The van der Waals surface area contributed by atoms with Crippen LogP contribution >= 0.6 is 0 Å². The summed E-state index contributed by atoms with van der Waals surface area (Å²) in [6.07, 6.45) is 6.91. The van der Waals surface area contributed by atoms with Crippen molar-refractivity contribution in [2.24, 2.45) is 0 Å². The highest BCUT2D eigenvalue weighted by atomic mass is 16.5. The zero-order valence-electron chi connectivity index (χ0n) is 10.5. The number of Topliss-reactive ketones (excluding diaryl/α,β-unsaturated/α-hetero) is 1. The zero-order valence-corrected chi connectivity index (χ0v) is 10.5. The molecule has 3 rings (SSSR count). The Bertz CT molecular complexity index is 488. The van der Waals surface area contributed by atoms with Crippen LogP contribution in [0.15, 0.2) is 35.9 Å². The number of hydrogen-bond acceptors (Lipinski definition) is 2. The molecule has 1 aromatic carbocycles. The normalized spacial score (nSPS) is 22.0. The summed E-state index contributed by atoms with van der Waals surface area (Å²) in [5, 5.41) is 0. The molecule has 0 saturated carbocycles. The fourth-order valence-electron chi connectivity index (χ4n) is 2.91. The largest absolute Gasteiger partial charge is 0.493 e. The van der Waals surface area contributed by atoms with E-state index in [2.05, 4.69) is 12.1 Å². The quantitative estimate of drug-likeness (QED) is 0.809. The van der Waals surface area contributed by atoms with E-state index in [9.17, 15) is 4.79 Å². The van der Waals surface area contributed by atoms with E-state index in [1.165, 1.54) is 5.56 Å². The number of hydrogen-bond donors (Lipinski definition) is 0. The van der Waals surface area contributed by atoms with Crippen LogP contribution in [0.3, 0.4) is 0 Å². The lowest BCUT2D eigenvalue weighted by atomic mass is 9.87. The van der Waals surface area contributed by atoms with Crippen molar-refractivity contribution in [1.82, 2.24) is 0 Å². The van der Waals surface area contributed by atoms with Crippen LogP contribution in [-0.4, -0.2) is 12.4 Å². The number of para-hydroxylation sites is 1. The number of benzene rings is 1. The molecule has 1 atom stereocenters. The summed E-state index contributed by atoms with van der Waals surface area (Å²) in [5.74, 6) is 1.64. The lowest BCUT2D eigenvalue weighted by Gasteiger charge is -2.25. The molecule has 94 valence electrons. The van der Waals surface area contributed by atoms with Crippen LogP contribution in [0.1, 0.15) is 43.6 Å². The Morgan fingerprint density at radius 3 is 3.06 bits per heavy atom. The smallest absolute Gasteiger partial charge is 0.159 e. The predicted octanol–water partition coefficient (Wildman–Crippen LogP) is 3.62. The summed E-state index contributed by atoms with van der Waals surface area (Å²) >= 11 is 0. The predicted molar refractivity (Wildman–Crippen MR) is 70.9 cm³/mol. The molecule has 0 spiro atoms. The van der Waals surface area contributed by atoms with Gasteiger partial charge in [-0.25, -0.2) is 0 Å². The molecule has 0 radical (unpaired) electrons. The average Bonchev–Trinajstić information content (AvgIpc) is 2.93. The van der Waals surface area contributed by atoms with Gasteiger partial charge in [0.15, 0.2) is 5.78 Å². The van der Waals surface area contributed by atoms with Crippen molar-refractivity contribution in [3.63, 3.8) is 0 Å². The minimum absolute atomic E-state index is 0.337. The van der Waals surface area contributed by atoms with Gasteiger partial charge < -0.3 is 4.74 Å². The van der Waals surface area contributed by atoms with Crippen LogP contribution in [0.25, 0.3) is 0 Å². The van der Waals surface area contributed by atoms with Crippen molar-refractivity contribution in [1.29, 1.82) is 0 Å². The van der Waals surface area contributed by atoms with Crippen LogP contribution in [0.5, 0.6) is 5.75 Å². The van der Waals surface area contributed by atoms with Crippen LogP contribution in [-0.2, 0) is 4.79 Å². The number of carbonyl (C=O) groups excluding carboxylic acids is 1. The van der Waals surface area contributed by atoms with Crippen molar-refractivity contribution in [2.75, 3.05) is 6.61 Å². The number of ether oxygens (including phenoxy) is 1. The maximum Gasteiger partial charge on any atom is 0.159 e. The first-order chi connectivity index (χ1) is 8.84. The molecule has 2 heteroatoms. The van der Waals surface area contributed by atoms with Crippen molar-refractivity contribution >= 4 is 5.78 Å². The zero-order chi connectivity index (χ0) is 12.4. The Kier molecular flexibility index (Phi) is 3.18. The maximum absolute atomic E-state index is 12.2. The van der Waals surface area contributed by atoms with Gasteiger partial charge in [0.25, 0.3) is 0 Å². The molecular formula is C16H18O2. The van der Waals surface area contributed by atoms with Gasteiger partial charge >= 0.3 is 0 Å². The average molecular weight is 242 g/mol. The Balaban J connectivity index is 1.76. The van der Waals surface area contributed by atoms with E-state index in [1.54, 1.807) is 0 Å². The lowest BCUT2D eigenvalue weighted by Crippen LogP contribution is -2.17. The molecule has 1 heterocycles. The van der Waals surface area contributed by atoms with Gasteiger partial charge in [0.05, 0.1) is 6.61 Å². The second-order valence-electron chi connectivity index (χ2n) is 5.12. The first-order valence-corrected chi connectivity index (χ1v) is 6.78. The molecule has 1 aliphatic carbocycles. The second-order valence-corrected chi connectivity index (χ2v) is 5.12. The van der Waals surface area contributed by atoms with E-state index in [4.69, 9.17) is 4.74 Å². The lowest BCUT2D eigenvalue weighted by molar-refractivity contribution is -0.116. The Morgan fingerprint density at radius 2 is 2.22 bits per heavy atom. The number of carbonyl (C=O) groups is 1. The van der Waals surface area contributed by atoms with Gasteiger partial charge in [-0.05, 0) is 48.8 Å². The number of ketones is 1. The van der Waals surface area contributed by atoms with E-state index in [0.29, 0.717) is 18.1 Å². The summed E-state index contributed by atoms with van der Waals surface area (Å²) in [5.41, 5.74) is 2.26. The monoisotopic (exact) mass is 242 g/mol. The highest BCUT2D eigenvalue weighted by Crippen LogP contribution is 2.36. The molecule has 1 aromatic rings. The van der Waals surface area contributed by atoms with Crippen LogP contribution in [0.2, 0.25) is 0 Å². The minimum Gasteiger partial charge on any atom is -0.493 e. The van der Waals surface area contributed by atoms with Gasteiger partial charge in [-0.15, -0.1) is 0 Å². The van der Waals surface area contributed by atoms with E-state index in [-0.39, 0.29) is 0 Å². The molecule has 1 unspecified atom stereocenters. The molecule has 18 heavy (non-hydrogen) atoms. The topological polar surface area (TPSA) is 26.3 Å². The van der Waals surface area contributed by atoms with Crippen molar-refractivity contribution in [3.8, 4) is 5.75 Å². The highest BCUT2D eigenvalue weighted by molar-refractivity contribution is 5.96. The number of allylic oxidation sites excluding steroid dienone is 2. The molecule has 0 amide bonds.